The molecule has 0 saturated carbocycles. The van der Waals surface area contributed by atoms with E-state index in [0.29, 0.717) is 29.8 Å². The standard InChI is InChI=1S/C25H22N2O3/c1-26(2)18-8-10-19(11-9-18)27-14-21-23(30-16-27)13-12-20-24(28)22(15-29-25(20)21)17-6-4-3-5-7-17/h3-13,15H,14,16H2,1-2H3. The fraction of sp³-hybridized carbons (Fsp3) is 0.160. The van der Waals surface area contributed by atoms with Crippen LogP contribution in [0, 0.1) is 0 Å². The number of anilines is 2. The van der Waals surface area contributed by atoms with Gasteiger partial charge in [0.05, 0.1) is 23.1 Å². The molecular weight excluding hydrogens is 376 g/mol. The zero-order valence-electron chi connectivity index (χ0n) is 17.0. The molecule has 0 fully saturated rings. The molecule has 150 valence electrons. The van der Waals surface area contributed by atoms with Crippen molar-refractivity contribution in [3.05, 3.63) is 88.8 Å². The van der Waals surface area contributed by atoms with Gasteiger partial charge < -0.3 is 19.0 Å². The van der Waals surface area contributed by atoms with Crippen LogP contribution in [0.5, 0.6) is 5.75 Å². The summed E-state index contributed by atoms with van der Waals surface area (Å²) < 4.78 is 12.0. The lowest BCUT2D eigenvalue weighted by Crippen LogP contribution is -2.32. The van der Waals surface area contributed by atoms with Gasteiger partial charge in [0, 0.05) is 25.5 Å². The highest BCUT2D eigenvalue weighted by Gasteiger charge is 2.23. The summed E-state index contributed by atoms with van der Waals surface area (Å²) in [5.74, 6) is 0.763. The second-order valence-electron chi connectivity index (χ2n) is 7.65. The number of rotatable bonds is 3. The van der Waals surface area contributed by atoms with Crippen LogP contribution in [0.2, 0.25) is 0 Å². The second kappa shape index (κ2) is 7.26. The van der Waals surface area contributed by atoms with Crippen molar-refractivity contribution in [1.29, 1.82) is 0 Å². The van der Waals surface area contributed by atoms with E-state index in [1.807, 2.05) is 50.5 Å². The summed E-state index contributed by atoms with van der Waals surface area (Å²) in [4.78, 5) is 17.3. The average molecular weight is 398 g/mol. The molecule has 1 aromatic heterocycles. The summed E-state index contributed by atoms with van der Waals surface area (Å²) in [6.45, 7) is 1.06. The van der Waals surface area contributed by atoms with Crippen LogP contribution >= 0.6 is 0 Å². The number of ether oxygens (including phenoxy) is 1. The van der Waals surface area contributed by atoms with Crippen LogP contribution in [-0.4, -0.2) is 20.8 Å². The molecular formula is C25H22N2O3. The molecule has 5 rings (SSSR count). The molecule has 0 atom stereocenters. The van der Waals surface area contributed by atoms with Gasteiger partial charge in [0.1, 0.15) is 17.6 Å². The van der Waals surface area contributed by atoms with Crippen LogP contribution in [0.15, 0.2) is 82.2 Å². The molecule has 0 saturated heterocycles. The molecule has 0 unspecified atom stereocenters. The van der Waals surface area contributed by atoms with Crippen LogP contribution in [0.25, 0.3) is 22.1 Å². The maximum Gasteiger partial charge on any atom is 0.200 e. The van der Waals surface area contributed by atoms with E-state index in [2.05, 4.69) is 34.1 Å². The van der Waals surface area contributed by atoms with Gasteiger partial charge in [0.15, 0.2) is 6.73 Å². The minimum atomic E-state index is -0.0299. The predicted molar refractivity (Wildman–Crippen MR) is 120 cm³/mol. The molecule has 2 heterocycles. The second-order valence-corrected chi connectivity index (χ2v) is 7.65. The van der Waals surface area contributed by atoms with Gasteiger partial charge in [0.25, 0.3) is 0 Å². The maximum atomic E-state index is 13.1. The fourth-order valence-corrected chi connectivity index (χ4v) is 3.85. The van der Waals surface area contributed by atoms with Crippen LogP contribution < -0.4 is 20.0 Å². The number of fused-ring (bicyclic) bond motifs is 3. The lowest BCUT2D eigenvalue weighted by atomic mass is 10.0. The van der Waals surface area contributed by atoms with Gasteiger partial charge in [-0.3, -0.25) is 4.79 Å². The van der Waals surface area contributed by atoms with Crippen molar-refractivity contribution >= 4 is 22.3 Å². The Morgan fingerprint density at radius 1 is 0.933 bits per heavy atom. The normalized spacial score (nSPS) is 13.1. The quantitative estimate of drug-likeness (QED) is 0.492. The van der Waals surface area contributed by atoms with E-state index >= 15 is 0 Å². The van der Waals surface area contributed by atoms with E-state index in [1.165, 1.54) is 0 Å². The maximum absolute atomic E-state index is 13.1. The molecule has 0 spiro atoms. The molecule has 30 heavy (non-hydrogen) atoms. The van der Waals surface area contributed by atoms with Crippen LogP contribution in [0.4, 0.5) is 11.4 Å². The lowest BCUT2D eigenvalue weighted by molar-refractivity contribution is 0.289. The molecule has 5 heteroatoms. The third-order valence-electron chi connectivity index (χ3n) is 5.54. The van der Waals surface area contributed by atoms with E-state index < -0.39 is 0 Å². The topological polar surface area (TPSA) is 45.9 Å². The van der Waals surface area contributed by atoms with Crippen molar-refractivity contribution in [2.75, 3.05) is 30.6 Å². The summed E-state index contributed by atoms with van der Waals surface area (Å²) in [5, 5.41) is 0.573. The Balaban J connectivity index is 1.54. The minimum Gasteiger partial charge on any atom is -0.473 e. The Bertz CT molecular complexity index is 1260. The number of benzene rings is 3. The van der Waals surface area contributed by atoms with E-state index in [0.717, 1.165) is 28.3 Å². The summed E-state index contributed by atoms with van der Waals surface area (Å²) >= 11 is 0. The summed E-state index contributed by atoms with van der Waals surface area (Å²) in [6, 6.07) is 21.6. The summed E-state index contributed by atoms with van der Waals surface area (Å²) in [6.07, 6.45) is 1.56. The van der Waals surface area contributed by atoms with Gasteiger partial charge in [-0.2, -0.15) is 0 Å². The first kappa shape index (κ1) is 18.3. The van der Waals surface area contributed by atoms with Crippen molar-refractivity contribution in [2.45, 2.75) is 6.54 Å². The smallest absolute Gasteiger partial charge is 0.200 e. The van der Waals surface area contributed by atoms with Crippen molar-refractivity contribution < 1.29 is 9.15 Å². The Morgan fingerprint density at radius 3 is 2.43 bits per heavy atom. The minimum absolute atomic E-state index is 0.0299. The molecule has 0 radical (unpaired) electrons. The number of nitrogens with zero attached hydrogens (tertiary/aromatic N) is 2. The predicted octanol–water partition coefficient (Wildman–Crippen LogP) is 4.88. The molecule has 3 aromatic carbocycles. The third kappa shape index (κ3) is 3.08. The molecule has 0 aliphatic carbocycles. The van der Waals surface area contributed by atoms with Gasteiger partial charge in [-0.25, -0.2) is 0 Å². The molecule has 0 N–H and O–H groups in total. The van der Waals surface area contributed by atoms with E-state index in [9.17, 15) is 4.79 Å². The van der Waals surface area contributed by atoms with E-state index in [-0.39, 0.29) is 5.43 Å². The molecule has 5 nitrogen and oxygen atoms in total. The van der Waals surface area contributed by atoms with Crippen molar-refractivity contribution in [1.82, 2.24) is 0 Å². The van der Waals surface area contributed by atoms with Gasteiger partial charge in [0.2, 0.25) is 5.43 Å². The fourth-order valence-electron chi connectivity index (χ4n) is 3.85. The van der Waals surface area contributed by atoms with Crippen molar-refractivity contribution in [3.63, 3.8) is 0 Å². The van der Waals surface area contributed by atoms with Gasteiger partial charge in [-0.1, -0.05) is 30.3 Å². The monoisotopic (exact) mass is 398 g/mol. The first-order chi connectivity index (χ1) is 14.6. The van der Waals surface area contributed by atoms with Gasteiger partial charge in [-0.15, -0.1) is 0 Å². The highest BCUT2D eigenvalue weighted by molar-refractivity contribution is 5.86. The van der Waals surface area contributed by atoms with Crippen molar-refractivity contribution in [3.8, 4) is 16.9 Å². The number of hydrogen-bond donors (Lipinski definition) is 0. The van der Waals surface area contributed by atoms with Gasteiger partial charge in [-0.05, 0) is 42.0 Å². The summed E-state index contributed by atoms with van der Waals surface area (Å²) in [7, 11) is 4.04. The van der Waals surface area contributed by atoms with Crippen LogP contribution in [0.3, 0.4) is 0 Å². The third-order valence-corrected chi connectivity index (χ3v) is 5.54. The Labute approximate surface area is 174 Å². The zero-order valence-corrected chi connectivity index (χ0v) is 17.0. The molecule has 0 amide bonds. The van der Waals surface area contributed by atoms with Crippen LogP contribution in [0.1, 0.15) is 5.56 Å². The number of hydrogen-bond acceptors (Lipinski definition) is 5. The van der Waals surface area contributed by atoms with E-state index in [1.54, 1.807) is 12.3 Å². The Kier molecular flexibility index (Phi) is 4.43. The Morgan fingerprint density at radius 2 is 1.70 bits per heavy atom. The first-order valence-electron chi connectivity index (χ1n) is 9.90. The van der Waals surface area contributed by atoms with Crippen LogP contribution in [-0.2, 0) is 6.54 Å². The highest BCUT2D eigenvalue weighted by atomic mass is 16.5. The highest BCUT2D eigenvalue weighted by Crippen LogP contribution is 2.34. The average Bonchev–Trinajstić information content (AvgIpc) is 2.79. The Hall–Kier alpha value is -3.73. The first-order valence-corrected chi connectivity index (χ1v) is 9.90. The van der Waals surface area contributed by atoms with Gasteiger partial charge >= 0.3 is 0 Å². The largest absolute Gasteiger partial charge is 0.473 e. The lowest BCUT2D eigenvalue weighted by Gasteiger charge is -2.31. The van der Waals surface area contributed by atoms with Crippen molar-refractivity contribution in [2.24, 2.45) is 0 Å². The molecule has 1 aliphatic heterocycles. The molecule has 4 aromatic rings. The van der Waals surface area contributed by atoms with E-state index in [4.69, 9.17) is 9.15 Å². The molecule has 1 aliphatic rings. The summed E-state index contributed by atoms with van der Waals surface area (Å²) in [5.41, 5.74) is 5.07. The molecule has 0 bridgehead atoms. The SMILES string of the molecule is CN(C)c1ccc(N2COc3ccc4c(=O)c(-c5ccccc5)coc4c3C2)cc1. The zero-order chi connectivity index (χ0) is 20.7.